The van der Waals surface area contributed by atoms with Gasteiger partial charge in [0, 0.05) is 6.54 Å². The van der Waals surface area contributed by atoms with Gasteiger partial charge in [-0.25, -0.2) is 14.8 Å². The number of aromatic nitrogens is 2. The monoisotopic (exact) mass is 397 g/mol. The number of aryl methyl sites for hydroxylation is 2. The highest BCUT2D eigenvalue weighted by atomic mass is 32.1. The zero-order valence-electron chi connectivity index (χ0n) is 16.5. The van der Waals surface area contributed by atoms with Crippen molar-refractivity contribution in [2.45, 2.75) is 26.4 Å². The fourth-order valence-electron chi connectivity index (χ4n) is 3.75. The number of hydrogen-bond acceptors (Lipinski definition) is 7. The lowest BCUT2D eigenvalue weighted by molar-refractivity contribution is -0.0467. The van der Waals surface area contributed by atoms with Gasteiger partial charge in [0.2, 0.25) is 0 Å². The molecular weight excluding hydrogens is 374 g/mol. The number of anilines is 1. The Morgan fingerprint density at radius 3 is 2.71 bits per heavy atom. The van der Waals surface area contributed by atoms with E-state index in [1.165, 1.54) is 18.4 Å². The van der Waals surface area contributed by atoms with Crippen LogP contribution >= 0.6 is 11.3 Å². The van der Waals surface area contributed by atoms with Crippen molar-refractivity contribution in [2.75, 3.05) is 31.7 Å². The SMILES string of the molecule is COC(=O)c1sc2nc(C)nc(N3CCOC(C)(c4ccccc4)C3)c2c1C. The second-order valence-corrected chi connectivity index (χ2v) is 8.19. The summed E-state index contributed by atoms with van der Waals surface area (Å²) in [5.74, 6) is 1.21. The van der Waals surface area contributed by atoms with Crippen LogP contribution < -0.4 is 4.90 Å². The molecule has 3 heterocycles. The Morgan fingerprint density at radius 2 is 2.00 bits per heavy atom. The van der Waals surface area contributed by atoms with Crippen LogP contribution in [0.5, 0.6) is 0 Å². The number of methoxy groups -OCH3 is 1. The van der Waals surface area contributed by atoms with E-state index in [1.807, 2.05) is 32.0 Å². The molecule has 1 saturated heterocycles. The van der Waals surface area contributed by atoms with Gasteiger partial charge in [0.1, 0.15) is 27.0 Å². The molecule has 0 amide bonds. The molecule has 146 valence electrons. The quantitative estimate of drug-likeness (QED) is 0.626. The first-order chi connectivity index (χ1) is 13.4. The molecule has 1 aromatic carbocycles. The summed E-state index contributed by atoms with van der Waals surface area (Å²) in [4.78, 5) is 25.1. The van der Waals surface area contributed by atoms with Crippen LogP contribution in [-0.2, 0) is 15.1 Å². The second-order valence-electron chi connectivity index (χ2n) is 7.19. The number of nitrogens with zero attached hydrogens (tertiary/aromatic N) is 3. The van der Waals surface area contributed by atoms with Gasteiger partial charge in [-0.2, -0.15) is 0 Å². The second kappa shape index (κ2) is 7.14. The highest BCUT2D eigenvalue weighted by molar-refractivity contribution is 7.20. The van der Waals surface area contributed by atoms with Crippen LogP contribution in [0.25, 0.3) is 10.2 Å². The molecule has 1 unspecified atom stereocenters. The van der Waals surface area contributed by atoms with Crippen molar-refractivity contribution in [1.29, 1.82) is 0 Å². The molecule has 3 aromatic rings. The first-order valence-corrected chi connectivity index (χ1v) is 10.0. The number of carbonyl (C=O) groups excluding carboxylic acids is 1. The predicted octanol–water partition coefficient (Wildman–Crippen LogP) is 3.85. The van der Waals surface area contributed by atoms with Crippen LogP contribution in [0, 0.1) is 13.8 Å². The lowest BCUT2D eigenvalue weighted by Gasteiger charge is -2.41. The lowest BCUT2D eigenvalue weighted by atomic mass is 9.93. The molecule has 1 atom stereocenters. The van der Waals surface area contributed by atoms with Crippen molar-refractivity contribution < 1.29 is 14.3 Å². The Labute approximate surface area is 168 Å². The van der Waals surface area contributed by atoms with Crippen LogP contribution in [0.1, 0.15) is 33.5 Å². The highest BCUT2D eigenvalue weighted by Gasteiger charge is 2.35. The number of rotatable bonds is 3. The van der Waals surface area contributed by atoms with Crippen molar-refractivity contribution >= 4 is 33.3 Å². The summed E-state index contributed by atoms with van der Waals surface area (Å²) in [5, 5.41) is 0.924. The van der Waals surface area contributed by atoms with Gasteiger partial charge in [-0.1, -0.05) is 30.3 Å². The summed E-state index contributed by atoms with van der Waals surface area (Å²) in [6.07, 6.45) is 0. The minimum Gasteiger partial charge on any atom is -0.465 e. The van der Waals surface area contributed by atoms with E-state index in [0.717, 1.165) is 33.7 Å². The molecule has 0 bridgehead atoms. The smallest absolute Gasteiger partial charge is 0.348 e. The van der Waals surface area contributed by atoms with E-state index in [-0.39, 0.29) is 5.97 Å². The fourth-order valence-corrected chi connectivity index (χ4v) is 4.89. The molecule has 0 N–H and O–H groups in total. The van der Waals surface area contributed by atoms with Gasteiger partial charge in [0.15, 0.2) is 0 Å². The van der Waals surface area contributed by atoms with Gasteiger partial charge < -0.3 is 14.4 Å². The number of esters is 1. The van der Waals surface area contributed by atoms with Gasteiger partial charge in [-0.05, 0) is 31.9 Å². The number of hydrogen-bond donors (Lipinski definition) is 0. The molecule has 1 aliphatic rings. The normalized spacial score (nSPS) is 19.8. The third-order valence-electron chi connectivity index (χ3n) is 5.21. The average Bonchev–Trinajstić information content (AvgIpc) is 3.03. The average molecular weight is 398 g/mol. The molecule has 1 aliphatic heterocycles. The van der Waals surface area contributed by atoms with Gasteiger partial charge in [0.05, 0.1) is 25.6 Å². The molecule has 6 nitrogen and oxygen atoms in total. The minimum atomic E-state index is -0.431. The number of fused-ring (bicyclic) bond motifs is 1. The molecule has 0 aliphatic carbocycles. The lowest BCUT2D eigenvalue weighted by Crippen LogP contribution is -2.48. The Kier molecular flexibility index (Phi) is 4.81. The Balaban J connectivity index is 1.80. The van der Waals surface area contributed by atoms with Crippen molar-refractivity contribution in [1.82, 2.24) is 9.97 Å². The zero-order valence-corrected chi connectivity index (χ0v) is 17.3. The molecular formula is C21H23N3O3S. The Bertz CT molecular complexity index is 1030. The van der Waals surface area contributed by atoms with Crippen LogP contribution in [-0.4, -0.2) is 42.7 Å². The van der Waals surface area contributed by atoms with E-state index >= 15 is 0 Å². The zero-order chi connectivity index (χ0) is 19.9. The number of thiophene rings is 1. The van der Waals surface area contributed by atoms with E-state index in [9.17, 15) is 4.79 Å². The molecule has 2 aromatic heterocycles. The van der Waals surface area contributed by atoms with Gasteiger partial charge in [0.25, 0.3) is 0 Å². The van der Waals surface area contributed by atoms with Crippen LogP contribution in [0.2, 0.25) is 0 Å². The van der Waals surface area contributed by atoms with E-state index in [2.05, 4.69) is 28.9 Å². The summed E-state index contributed by atoms with van der Waals surface area (Å²) in [7, 11) is 1.40. The number of carbonyl (C=O) groups is 1. The fraction of sp³-hybridized carbons (Fsp3) is 0.381. The highest BCUT2D eigenvalue weighted by Crippen LogP contribution is 2.38. The van der Waals surface area contributed by atoms with Crippen molar-refractivity contribution in [3.05, 3.63) is 52.2 Å². The maximum atomic E-state index is 12.2. The first kappa shape index (κ1) is 18.8. The molecule has 0 spiro atoms. The van der Waals surface area contributed by atoms with Crippen molar-refractivity contribution in [3.8, 4) is 0 Å². The van der Waals surface area contributed by atoms with E-state index in [1.54, 1.807) is 0 Å². The largest absolute Gasteiger partial charge is 0.465 e. The third kappa shape index (κ3) is 3.14. The van der Waals surface area contributed by atoms with Crippen LogP contribution in [0.3, 0.4) is 0 Å². The minimum absolute atomic E-state index is 0.333. The maximum absolute atomic E-state index is 12.2. The molecule has 0 radical (unpaired) electrons. The topological polar surface area (TPSA) is 64.5 Å². The van der Waals surface area contributed by atoms with Crippen molar-refractivity contribution in [2.24, 2.45) is 0 Å². The summed E-state index contributed by atoms with van der Waals surface area (Å²) in [5.41, 5.74) is 1.58. The van der Waals surface area contributed by atoms with Gasteiger partial charge >= 0.3 is 5.97 Å². The summed E-state index contributed by atoms with van der Waals surface area (Å²) < 4.78 is 11.1. The number of ether oxygens (including phenoxy) is 2. The molecule has 1 fully saturated rings. The molecule has 0 saturated carbocycles. The van der Waals surface area contributed by atoms with Crippen LogP contribution in [0.15, 0.2) is 30.3 Å². The third-order valence-corrected chi connectivity index (χ3v) is 6.38. The van der Waals surface area contributed by atoms with Crippen molar-refractivity contribution in [3.63, 3.8) is 0 Å². The van der Waals surface area contributed by atoms with Gasteiger partial charge in [-0.15, -0.1) is 11.3 Å². The molecule has 4 rings (SSSR count). The van der Waals surface area contributed by atoms with E-state index < -0.39 is 5.60 Å². The van der Waals surface area contributed by atoms with E-state index in [0.29, 0.717) is 23.9 Å². The Morgan fingerprint density at radius 1 is 1.25 bits per heavy atom. The van der Waals surface area contributed by atoms with Crippen LogP contribution in [0.4, 0.5) is 5.82 Å². The summed E-state index contributed by atoms with van der Waals surface area (Å²) in [6, 6.07) is 10.3. The molecule has 7 heteroatoms. The van der Waals surface area contributed by atoms with E-state index in [4.69, 9.17) is 14.5 Å². The number of morpholine rings is 1. The molecule has 28 heavy (non-hydrogen) atoms. The predicted molar refractivity (Wildman–Crippen MR) is 110 cm³/mol. The maximum Gasteiger partial charge on any atom is 0.348 e. The summed E-state index contributed by atoms with van der Waals surface area (Å²) >= 11 is 1.36. The Hall–Kier alpha value is -2.51. The number of benzene rings is 1. The standard InChI is InChI=1S/C21H23N3O3S/c1-13-16-18(22-14(2)23-19(16)28-17(13)20(25)26-4)24-10-11-27-21(3,12-24)15-8-6-5-7-9-15/h5-9H,10-12H2,1-4H3. The van der Waals surface area contributed by atoms with Gasteiger partial charge in [-0.3, -0.25) is 0 Å². The summed E-state index contributed by atoms with van der Waals surface area (Å²) in [6.45, 7) is 7.93. The first-order valence-electron chi connectivity index (χ1n) is 9.23.